The molecule has 0 radical (unpaired) electrons. The summed E-state index contributed by atoms with van der Waals surface area (Å²) in [5.41, 5.74) is 1.11. The van der Waals surface area contributed by atoms with E-state index < -0.39 is 28.6 Å². The van der Waals surface area contributed by atoms with Crippen LogP contribution in [0.1, 0.15) is 41.8 Å². The maximum atomic E-state index is 14.7. The molecule has 208 valence electrons. The van der Waals surface area contributed by atoms with Crippen LogP contribution in [0.15, 0.2) is 42.5 Å². The van der Waals surface area contributed by atoms with E-state index in [2.05, 4.69) is 0 Å². The lowest BCUT2D eigenvalue weighted by Gasteiger charge is -2.22. The van der Waals surface area contributed by atoms with E-state index in [9.17, 15) is 28.5 Å². The minimum atomic E-state index is -0.860. The number of hydrogen-bond donors (Lipinski definition) is 0. The number of hydrogen-bond acceptors (Lipinski definition) is 8. The first-order valence-corrected chi connectivity index (χ1v) is 13.0. The summed E-state index contributed by atoms with van der Waals surface area (Å²) in [7, 11) is 3.60. The molecule has 0 fully saturated rings. The number of nitro groups is 1. The lowest BCUT2D eigenvalue weighted by molar-refractivity contribution is -0.384. The maximum absolute atomic E-state index is 14.7. The number of halogens is 2. The van der Waals surface area contributed by atoms with Gasteiger partial charge >= 0.3 is 12.1 Å². The molecule has 0 saturated carbocycles. The predicted molar refractivity (Wildman–Crippen MR) is 144 cm³/mol. The molecule has 0 atom stereocenters. The predicted octanol–water partition coefficient (Wildman–Crippen LogP) is 6.39. The van der Waals surface area contributed by atoms with E-state index >= 15 is 0 Å². The van der Waals surface area contributed by atoms with Crippen molar-refractivity contribution < 1.29 is 32.8 Å². The van der Waals surface area contributed by atoms with Crippen molar-refractivity contribution in [3.05, 3.63) is 80.9 Å². The van der Waals surface area contributed by atoms with Crippen LogP contribution in [0.5, 0.6) is 0 Å². The normalized spacial score (nSPS) is 10.9. The molecule has 3 aromatic rings. The zero-order chi connectivity index (χ0) is 28.7. The molecule has 2 aromatic carbocycles. The van der Waals surface area contributed by atoms with E-state index in [0.717, 1.165) is 22.3 Å². The summed E-state index contributed by atoms with van der Waals surface area (Å²) in [6.45, 7) is 3.53. The smallest absolute Gasteiger partial charge is 0.415 e. The Labute approximate surface area is 228 Å². The number of benzene rings is 2. The zero-order valence-electron chi connectivity index (χ0n) is 22.0. The number of carbonyl (C=O) groups is 2. The number of rotatable bonds is 11. The average Bonchev–Trinajstić information content (AvgIpc) is 3.25. The third-order valence-electron chi connectivity index (χ3n) is 5.52. The highest BCUT2D eigenvalue weighted by molar-refractivity contribution is 7.20. The van der Waals surface area contributed by atoms with Gasteiger partial charge in [0.2, 0.25) is 0 Å². The second-order valence-corrected chi connectivity index (χ2v) is 9.79. The molecular formula is C27H29F2N3O6S. The number of thiophene rings is 1. The van der Waals surface area contributed by atoms with Gasteiger partial charge in [0, 0.05) is 40.7 Å². The van der Waals surface area contributed by atoms with Gasteiger partial charge in [0.05, 0.1) is 30.2 Å². The molecule has 1 amide bonds. The summed E-state index contributed by atoms with van der Waals surface area (Å²) in [6, 6.07) is 8.82. The van der Waals surface area contributed by atoms with Gasteiger partial charge in [0.25, 0.3) is 5.69 Å². The molecule has 0 spiro atoms. The fourth-order valence-corrected chi connectivity index (χ4v) is 5.09. The number of non-ortho nitro benzene ring substituents is 1. The first-order valence-electron chi connectivity index (χ1n) is 12.2. The largest absolute Gasteiger partial charge is 0.462 e. The molecule has 3 rings (SSSR count). The molecule has 0 bridgehead atoms. The van der Waals surface area contributed by atoms with Crippen molar-refractivity contribution in [3.8, 4) is 10.4 Å². The Morgan fingerprint density at radius 1 is 1.03 bits per heavy atom. The van der Waals surface area contributed by atoms with Gasteiger partial charge in [-0.15, -0.1) is 11.3 Å². The highest BCUT2D eigenvalue weighted by atomic mass is 32.1. The second-order valence-electron chi connectivity index (χ2n) is 8.79. The number of carbonyl (C=O) groups excluding carboxylic acids is 2. The Morgan fingerprint density at radius 2 is 1.72 bits per heavy atom. The number of anilines is 1. The van der Waals surface area contributed by atoms with Gasteiger partial charge in [-0.3, -0.25) is 15.0 Å². The topological polar surface area (TPSA) is 102 Å². The van der Waals surface area contributed by atoms with Crippen molar-refractivity contribution in [2.24, 2.45) is 0 Å². The first kappa shape index (κ1) is 29.7. The van der Waals surface area contributed by atoms with Gasteiger partial charge in [0.1, 0.15) is 16.6 Å². The Bertz CT molecular complexity index is 1340. The van der Waals surface area contributed by atoms with Crippen LogP contribution in [0.3, 0.4) is 0 Å². The fraction of sp³-hybridized carbons (Fsp3) is 0.333. The van der Waals surface area contributed by atoms with Crippen LogP contribution in [0.4, 0.5) is 24.3 Å². The van der Waals surface area contributed by atoms with E-state index in [-0.39, 0.29) is 48.1 Å². The molecule has 0 aliphatic carbocycles. The van der Waals surface area contributed by atoms with Crippen molar-refractivity contribution >= 4 is 34.1 Å². The fourth-order valence-electron chi connectivity index (χ4n) is 3.80. The third kappa shape index (κ3) is 7.15. The monoisotopic (exact) mass is 561 g/mol. The summed E-state index contributed by atoms with van der Waals surface area (Å²) in [4.78, 5) is 40.8. The van der Waals surface area contributed by atoms with E-state index in [1.54, 1.807) is 33.2 Å². The standard InChI is InChI=1S/C27H29F2N3O6S/c1-5-13-38-27(34)31(15-18-7-10-19(28)14-22(18)29)25-23(26(33)37-6-2)21(16-30(3)4)24(39-25)17-8-11-20(12-9-17)32(35)36/h7-12,14H,5-6,13,15-16H2,1-4H3. The Kier molecular flexibility index (Phi) is 10.1. The van der Waals surface area contributed by atoms with Crippen molar-refractivity contribution in [2.45, 2.75) is 33.4 Å². The van der Waals surface area contributed by atoms with E-state index in [0.29, 0.717) is 28.5 Å². The molecule has 0 aliphatic heterocycles. The van der Waals surface area contributed by atoms with Crippen LogP contribution in [-0.2, 0) is 22.6 Å². The highest BCUT2D eigenvalue weighted by Gasteiger charge is 2.33. The minimum absolute atomic E-state index is 0.0131. The Balaban J connectivity index is 2.27. The summed E-state index contributed by atoms with van der Waals surface area (Å²) >= 11 is 1.08. The zero-order valence-corrected chi connectivity index (χ0v) is 22.8. The van der Waals surface area contributed by atoms with Gasteiger partial charge in [-0.1, -0.05) is 13.0 Å². The number of nitro benzene ring substituents is 1. The summed E-state index contributed by atoms with van der Waals surface area (Å²) in [6.07, 6.45) is -0.293. The number of esters is 1. The number of ether oxygens (including phenoxy) is 2. The number of nitrogens with zero attached hydrogens (tertiary/aromatic N) is 3. The molecule has 1 aromatic heterocycles. The van der Waals surface area contributed by atoms with Gasteiger partial charge in [0.15, 0.2) is 0 Å². The molecule has 39 heavy (non-hydrogen) atoms. The summed E-state index contributed by atoms with van der Waals surface area (Å²) in [5.74, 6) is -2.32. The molecule has 9 nitrogen and oxygen atoms in total. The average molecular weight is 562 g/mol. The molecule has 1 heterocycles. The highest BCUT2D eigenvalue weighted by Crippen LogP contribution is 2.44. The lowest BCUT2D eigenvalue weighted by atomic mass is 10.0. The number of amides is 1. The molecular weight excluding hydrogens is 532 g/mol. The molecule has 0 N–H and O–H groups in total. The van der Waals surface area contributed by atoms with Crippen LogP contribution >= 0.6 is 11.3 Å². The van der Waals surface area contributed by atoms with Crippen molar-refractivity contribution in [2.75, 3.05) is 32.2 Å². The van der Waals surface area contributed by atoms with E-state index in [4.69, 9.17) is 9.47 Å². The van der Waals surface area contributed by atoms with Crippen LogP contribution < -0.4 is 4.90 Å². The summed E-state index contributed by atoms with van der Waals surface area (Å²) < 4.78 is 39.0. The van der Waals surface area contributed by atoms with Gasteiger partial charge < -0.3 is 14.4 Å². The van der Waals surface area contributed by atoms with Crippen LogP contribution in [0, 0.1) is 21.7 Å². The molecule has 12 heteroatoms. The van der Waals surface area contributed by atoms with Gasteiger partial charge in [-0.2, -0.15) is 0 Å². The first-order chi connectivity index (χ1) is 18.6. The molecule has 0 unspecified atom stereocenters. The minimum Gasteiger partial charge on any atom is -0.462 e. The van der Waals surface area contributed by atoms with Crippen LogP contribution in [-0.4, -0.2) is 49.2 Å². The Morgan fingerprint density at radius 3 is 2.28 bits per heavy atom. The van der Waals surface area contributed by atoms with Crippen molar-refractivity contribution in [1.29, 1.82) is 0 Å². The van der Waals surface area contributed by atoms with Gasteiger partial charge in [-0.05, 0) is 51.2 Å². The van der Waals surface area contributed by atoms with Crippen molar-refractivity contribution in [3.63, 3.8) is 0 Å². The maximum Gasteiger partial charge on any atom is 0.415 e. The SMILES string of the molecule is CCCOC(=O)N(Cc1ccc(F)cc1F)c1sc(-c2ccc([N+](=O)[O-])cc2)c(CN(C)C)c1C(=O)OCC. The van der Waals surface area contributed by atoms with Crippen LogP contribution in [0.2, 0.25) is 0 Å². The van der Waals surface area contributed by atoms with Gasteiger partial charge in [-0.25, -0.2) is 18.4 Å². The summed E-state index contributed by atoms with van der Waals surface area (Å²) in [5, 5.41) is 11.3. The van der Waals surface area contributed by atoms with E-state index in [1.165, 1.54) is 18.2 Å². The quantitative estimate of drug-likeness (QED) is 0.152. The molecule has 0 aliphatic rings. The van der Waals surface area contributed by atoms with E-state index in [1.807, 2.05) is 11.8 Å². The lowest BCUT2D eigenvalue weighted by Crippen LogP contribution is -2.32. The van der Waals surface area contributed by atoms with Crippen LogP contribution in [0.25, 0.3) is 10.4 Å². The van der Waals surface area contributed by atoms with Crippen molar-refractivity contribution in [1.82, 2.24) is 4.90 Å². The Hall–Kier alpha value is -3.90. The molecule has 0 saturated heterocycles. The third-order valence-corrected chi connectivity index (χ3v) is 6.83. The second kappa shape index (κ2) is 13.3.